The second kappa shape index (κ2) is 12.1. The molecule has 2 aromatic carbocycles. The molecule has 1 aliphatic rings. The summed E-state index contributed by atoms with van der Waals surface area (Å²) in [5.74, 6) is 0.671. The van der Waals surface area contributed by atoms with Crippen LogP contribution in [-0.4, -0.2) is 46.5 Å². The van der Waals surface area contributed by atoms with Gasteiger partial charge in [0.25, 0.3) is 0 Å². The zero-order valence-corrected chi connectivity index (χ0v) is 20.8. The zero-order chi connectivity index (χ0) is 25.3. The van der Waals surface area contributed by atoms with Crippen molar-refractivity contribution in [3.05, 3.63) is 60.8 Å². The van der Waals surface area contributed by atoms with E-state index in [1.165, 1.54) is 0 Å². The van der Waals surface area contributed by atoms with E-state index in [1.807, 2.05) is 68.4 Å². The molecular formula is C27H33N7O2. The van der Waals surface area contributed by atoms with E-state index >= 15 is 0 Å². The smallest absolute Gasteiger partial charge is 0.236 e. The van der Waals surface area contributed by atoms with Gasteiger partial charge in [-0.05, 0) is 55.3 Å². The van der Waals surface area contributed by atoms with Crippen molar-refractivity contribution in [2.45, 2.75) is 39.5 Å². The van der Waals surface area contributed by atoms with Crippen LogP contribution >= 0.6 is 0 Å². The molecule has 0 unspecified atom stereocenters. The molecule has 1 saturated heterocycles. The molecule has 4 rings (SSSR count). The molecule has 0 spiro atoms. The number of nitrogens with one attached hydrogen (secondary N) is 3. The molecule has 0 saturated carbocycles. The highest BCUT2D eigenvalue weighted by Crippen LogP contribution is 2.23. The fourth-order valence-electron chi connectivity index (χ4n) is 3.97. The van der Waals surface area contributed by atoms with Gasteiger partial charge in [0.1, 0.15) is 0 Å². The van der Waals surface area contributed by atoms with Gasteiger partial charge in [-0.3, -0.25) is 14.6 Å². The van der Waals surface area contributed by atoms with Crippen molar-refractivity contribution in [2.75, 3.05) is 35.3 Å². The average molecular weight is 488 g/mol. The van der Waals surface area contributed by atoms with Crippen LogP contribution in [0.5, 0.6) is 0 Å². The Morgan fingerprint density at radius 1 is 0.917 bits per heavy atom. The van der Waals surface area contributed by atoms with Crippen LogP contribution in [0.25, 0.3) is 11.3 Å². The number of hydrogen-bond donors (Lipinski definition) is 3. The van der Waals surface area contributed by atoms with Gasteiger partial charge in [0, 0.05) is 48.2 Å². The number of hydrogen-bond acceptors (Lipinski definition) is 7. The normalized spacial score (nSPS) is 13.4. The minimum Gasteiger partial charge on any atom is -0.355 e. The van der Waals surface area contributed by atoms with E-state index < -0.39 is 0 Å². The molecule has 3 aromatic rings. The summed E-state index contributed by atoms with van der Waals surface area (Å²) in [7, 11) is 0. The minimum atomic E-state index is 0.0189. The first kappa shape index (κ1) is 25.1. The molecular weight excluding hydrogens is 454 g/mol. The Balaban J connectivity index is 1.35. The quantitative estimate of drug-likeness (QED) is 0.407. The van der Waals surface area contributed by atoms with Crippen molar-refractivity contribution < 1.29 is 9.59 Å². The third kappa shape index (κ3) is 6.57. The van der Waals surface area contributed by atoms with E-state index in [-0.39, 0.29) is 11.8 Å². The lowest BCUT2D eigenvalue weighted by Crippen LogP contribution is -2.56. The van der Waals surface area contributed by atoms with Crippen LogP contribution in [0, 0.1) is 0 Å². The standard InChI is InChI=1S/C27H33N7O2/c1-3-5-25(35)30-21-9-7-20(8-10-21)24-15-16-28-27(32-24)31-22-11-13-23(14-12-22)33-17-18-34(29-19-33)26(36)6-4-2/h7-16,29H,3-6,17-19H2,1-2H3,(H,30,35)(H,28,31,32). The number of anilines is 4. The van der Waals surface area contributed by atoms with Crippen molar-refractivity contribution in [3.8, 4) is 11.3 Å². The Morgan fingerprint density at radius 2 is 1.64 bits per heavy atom. The van der Waals surface area contributed by atoms with E-state index in [0.29, 0.717) is 32.0 Å². The number of rotatable bonds is 9. The van der Waals surface area contributed by atoms with Crippen LogP contribution in [-0.2, 0) is 9.59 Å². The van der Waals surface area contributed by atoms with Gasteiger partial charge in [-0.2, -0.15) is 0 Å². The SMILES string of the molecule is CCCC(=O)Nc1ccc(-c2ccnc(Nc3ccc(N4CCN(C(=O)CCC)NC4)cc3)n2)cc1. The minimum absolute atomic E-state index is 0.0189. The predicted molar refractivity (Wildman–Crippen MR) is 143 cm³/mol. The molecule has 36 heavy (non-hydrogen) atoms. The average Bonchev–Trinajstić information content (AvgIpc) is 2.90. The highest BCUT2D eigenvalue weighted by atomic mass is 16.2. The molecule has 0 atom stereocenters. The van der Waals surface area contributed by atoms with Gasteiger partial charge in [-0.15, -0.1) is 0 Å². The van der Waals surface area contributed by atoms with Crippen molar-refractivity contribution in [3.63, 3.8) is 0 Å². The Labute approximate surface area is 211 Å². The van der Waals surface area contributed by atoms with Crippen molar-refractivity contribution in [1.29, 1.82) is 0 Å². The first-order valence-electron chi connectivity index (χ1n) is 12.4. The number of carbonyl (C=O) groups excluding carboxylic acids is 2. The van der Waals surface area contributed by atoms with E-state index in [1.54, 1.807) is 11.2 Å². The first-order valence-corrected chi connectivity index (χ1v) is 12.4. The van der Waals surface area contributed by atoms with Crippen LogP contribution in [0.2, 0.25) is 0 Å². The maximum absolute atomic E-state index is 12.1. The fourth-order valence-corrected chi connectivity index (χ4v) is 3.97. The molecule has 188 valence electrons. The number of aromatic nitrogens is 2. The molecule has 2 heterocycles. The Kier molecular flexibility index (Phi) is 8.46. The molecule has 0 bridgehead atoms. The van der Waals surface area contributed by atoms with Gasteiger partial charge < -0.3 is 15.5 Å². The lowest BCUT2D eigenvalue weighted by atomic mass is 10.1. The monoisotopic (exact) mass is 487 g/mol. The predicted octanol–water partition coefficient (Wildman–Crippen LogP) is 4.54. The lowest BCUT2D eigenvalue weighted by Gasteiger charge is -2.36. The molecule has 9 heteroatoms. The molecule has 1 aliphatic heterocycles. The van der Waals surface area contributed by atoms with E-state index in [0.717, 1.165) is 47.7 Å². The van der Waals surface area contributed by atoms with Crippen molar-refractivity contribution in [2.24, 2.45) is 0 Å². The van der Waals surface area contributed by atoms with Gasteiger partial charge >= 0.3 is 0 Å². The maximum atomic E-state index is 12.1. The fraction of sp³-hybridized carbons (Fsp3) is 0.333. The van der Waals surface area contributed by atoms with E-state index in [2.05, 4.69) is 30.9 Å². The van der Waals surface area contributed by atoms with E-state index in [9.17, 15) is 9.59 Å². The molecule has 0 radical (unpaired) electrons. The Bertz CT molecular complexity index is 1160. The topological polar surface area (TPSA) is 102 Å². The Morgan fingerprint density at radius 3 is 2.31 bits per heavy atom. The molecule has 2 amide bonds. The lowest BCUT2D eigenvalue weighted by molar-refractivity contribution is -0.135. The summed E-state index contributed by atoms with van der Waals surface area (Å²) in [6, 6.07) is 17.6. The number of benzene rings is 2. The third-order valence-corrected chi connectivity index (χ3v) is 5.90. The second-order valence-corrected chi connectivity index (χ2v) is 8.69. The van der Waals surface area contributed by atoms with Crippen LogP contribution in [0.4, 0.5) is 23.0 Å². The maximum Gasteiger partial charge on any atom is 0.236 e. The van der Waals surface area contributed by atoms with E-state index in [4.69, 9.17) is 0 Å². The number of hydrazine groups is 1. The van der Waals surface area contributed by atoms with Crippen LogP contribution in [0.3, 0.4) is 0 Å². The molecule has 9 nitrogen and oxygen atoms in total. The number of nitrogens with zero attached hydrogens (tertiary/aromatic N) is 4. The van der Waals surface area contributed by atoms with Crippen LogP contribution in [0.15, 0.2) is 60.8 Å². The molecule has 1 aromatic heterocycles. The summed E-state index contributed by atoms with van der Waals surface area (Å²) < 4.78 is 0. The largest absolute Gasteiger partial charge is 0.355 e. The van der Waals surface area contributed by atoms with Gasteiger partial charge in [0.2, 0.25) is 17.8 Å². The Hall–Kier alpha value is -3.98. The summed E-state index contributed by atoms with van der Waals surface area (Å²) in [6.45, 7) is 6.02. The summed E-state index contributed by atoms with van der Waals surface area (Å²) in [4.78, 5) is 35.1. The summed E-state index contributed by atoms with van der Waals surface area (Å²) in [6.07, 6.45) is 4.48. The highest BCUT2D eigenvalue weighted by molar-refractivity contribution is 5.90. The van der Waals surface area contributed by atoms with Crippen LogP contribution < -0.4 is 21.0 Å². The van der Waals surface area contributed by atoms with Crippen LogP contribution in [0.1, 0.15) is 39.5 Å². The summed E-state index contributed by atoms with van der Waals surface area (Å²) >= 11 is 0. The van der Waals surface area contributed by atoms with Crippen molar-refractivity contribution in [1.82, 2.24) is 20.4 Å². The number of amides is 2. The first-order chi connectivity index (χ1) is 17.6. The molecule has 3 N–H and O–H groups in total. The van der Waals surface area contributed by atoms with Gasteiger partial charge in [0.05, 0.1) is 18.9 Å². The molecule has 1 fully saturated rings. The second-order valence-electron chi connectivity index (χ2n) is 8.69. The zero-order valence-electron chi connectivity index (χ0n) is 20.8. The number of carbonyl (C=O) groups is 2. The summed E-state index contributed by atoms with van der Waals surface area (Å²) in [5.41, 5.74) is 7.66. The highest BCUT2D eigenvalue weighted by Gasteiger charge is 2.20. The van der Waals surface area contributed by atoms with Gasteiger partial charge in [-0.1, -0.05) is 26.0 Å². The summed E-state index contributed by atoms with van der Waals surface area (Å²) in [5, 5.41) is 7.88. The molecule has 0 aliphatic carbocycles. The van der Waals surface area contributed by atoms with Gasteiger partial charge in [-0.25, -0.2) is 15.4 Å². The van der Waals surface area contributed by atoms with Gasteiger partial charge in [0.15, 0.2) is 0 Å². The third-order valence-electron chi connectivity index (χ3n) is 5.90. The van der Waals surface area contributed by atoms with Crippen molar-refractivity contribution >= 4 is 34.8 Å².